The fourth-order valence-corrected chi connectivity index (χ4v) is 3.64. The van der Waals surface area contributed by atoms with Gasteiger partial charge in [-0.05, 0) is 42.5 Å². The van der Waals surface area contributed by atoms with Crippen molar-refractivity contribution in [1.29, 1.82) is 0 Å². The summed E-state index contributed by atoms with van der Waals surface area (Å²) in [7, 11) is 1.61. The van der Waals surface area contributed by atoms with Gasteiger partial charge in [-0.3, -0.25) is 4.98 Å². The number of fused-ring (bicyclic) bond motifs is 1. The van der Waals surface area contributed by atoms with E-state index in [4.69, 9.17) is 9.57 Å². The van der Waals surface area contributed by atoms with E-state index in [1.807, 2.05) is 36.4 Å². The third kappa shape index (κ3) is 3.08. The molecule has 2 N–H and O–H groups in total. The minimum atomic E-state index is -0.287. The van der Waals surface area contributed by atoms with Crippen LogP contribution in [-0.4, -0.2) is 29.9 Å². The summed E-state index contributed by atoms with van der Waals surface area (Å²) in [5.74, 6) is 0.991. The number of hydrogen-bond donors (Lipinski definition) is 2. The van der Waals surface area contributed by atoms with Gasteiger partial charge in [0.05, 0.1) is 7.11 Å². The summed E-state index contributed by atoms with van der Waals surface area (Å²) in [5, 5.41) is 3.44. The monoisotopic (exact) mass is 353 g/mol. The molecule has 1 unspecified atom stereocenters. The molecule has 6 nitrogen and oxygen atoms in total. The second-order valence-corrected chi connectivity index (χ2v) is 6.61. The van der Waals surface area contributed by atoms with E-state index < -0.39 is 0 Å². The van der Waals surface area contributed by atoms with Crippen molar-refractivity contribution in [3.63, 3.8) is 0 Å². The lowest BCUT2D eigenvalue weighted by Crippen LogP contribution is -2.29. The summed E-state index contributed by atoms with van der Waals surface area (Å²) < 4.78 is 6.83. The van der Waals surface area contributed by atoms with Crippen LogP contribution in [0.3, 0.4) is 0 Å². The SMILES string of the molecule is COc1ccc(C2CCCNC2)c2c1[nH]c(=O)n2OCc1ccccc1. The number of piperidine rings is 1. The van der Waals surface area contributed by atoms with E-state index in [0.717, 1.165) is 42.6 Å². The van der Waals surface area contributed by atoms with Gasteiger partial charge in [0.1, 0.15) is 23.4 Å². The van der Waals surface area contributed by atoms with Crippen LogP contribution in [-0.2, 0) is 6.61 Å². The highest BCUT2D eigenvalue weighted by Gasteiger charge is 2.23. The van der Waals surface area contributed by atoms with Crippen LogP contribution in [0.1, 0.15) is 29.9 Å². The number of aromatic nitrogens is 2. The summed E-state index contributed by atoms with van der Waals surface area (Å²) in [6.45, 7) is 2.27. The van der Waals surface area contributed by atoms with Crippen molar-refractivity contribution in [3.05, 3.63) is 64.1 Å². The Bertz CT molecular complexity index is 940. The normalized spacial score (nSPS) is 17.3. The average Bonchev–Trinajstić information content (AvgIpc) is 3.03. The van der Waals surface area contributed by atoms with E-state index in [0.29, 0.717) is 23.8 Å². The standard InChI is InChI=1S/C20H23N3O3/c1-25-17-10-9-16(15-8-5-11-21-12-15)19-18(17)22-20(24)23(19)26-13-14-6-3-2-4-7-14/h2-4,6-7,9-10,15,21H,5,8,11-13H2,1H3,(H,22,24). The summed E-state index contributed by atoms with van der Waals surface area (Å²) in [5.41, 5.74) is 3.30. The Kier molecular flexibility index (Phi) is 4.67. The molecule has 1 aromatic heterocycles. The highest BCUT2D eigenvalue weighted by atomic mass is 16.7. The molecule has 1 aliphatic heterocycles. The summed E-state index contributed by atoms with van der Waals surface area (Å²) in [6.07, 6.45) is 2.21. The number of rotatable bonds is 5. The fraction of sp³-hybridized carbons (Fsp3) is 0.350. The number of hydrogen-bond acceptors (Lipinski definition) is 4. The molecule has 0 aliphatic carbocycles. The second kappa shape index (κ2) is 7.25. The van der Waals surface area contributed by atoms with Gasteiger partial charge in [-0.15, -0.1) is 4.73 Å². The second-order valence-electron chi connectivity index (χ2n) is 6.61. The molecule has 0 spiro atoms. The molecule has 2 aromatic carbocycles. The van der Waals surface area contributed by atoms with Gasteiger partial charge in [0.15, 0.2) is 0 Å². The topological polar surface area (TPSA) is 68.3 Å². The van der Waals surface area contributed by atoms with Crippen molar-refractivity contribution < 1.29 is 9.57 Å². The van der Waals surface area contributed by atoms with E-state index in [9.17, 15) is 4.79 Å². The van der Waals surface area contributed by atoms with Crippen LogP contribution in [0.25, 0.3) is 11.0 Å². The number of aromatic amines is 1. The van der Waals surface area contributed by atoms with Gasteiger partial charge in [-0.25, -0.2) is 4.79 Å². The first kappa shape index (κ1) is 16.7. The summed E-state index contributed by atoms with van der Waals surface area (Å²) >= 11 is 0. The molecule has 0 amide bonds. The summed E-state index contributed by atoms with van der Waals surface area (Å²) in [6, 6.07) is 13.8. The molecule has 1 atom stereocenters. The molecule has 26 heavy (non-hydrogen) atoms. The molecule has 2 heterocycles. The van der Waals surface area contributed by atoms with Crippen molar-refractivity contribution in [2.75, 3.05) is 20.2 Å². The molecule has 0 bridgehead atoms. The van der Waals surface area contributed by atoms with Gasteiger partial charge in [0, 0.05) is 6.54 Å². The zero-order chi connectivity index (χ0) is 17.9. The molecule has 3 aromatic rings. The molecule has 6 heteroatoms. The van der Waals surface area contributed by atoms with Gasteiger partial charge in [-0.1, -0.05) is 36.4 Å². The van der Waals surface area contributed by atoms with Gasteiger partial charge >= 0.3 is 5.69 Å². The zero-order valence-corrected chi connectivity index (χ0v) is 14.8. The van der Waals surface area contributed by atoms with E-state index in [2.05, 4.69) is 16.4 Å². The summed E-state index contributed by atoms with van der Waals surface area (Å²) in [4.78, 5) is 21.4. The Hall–Kier alpha value is -2.73. The van der Waals surface area contributed by atoms with Crippen molar-refractivity contribution in [2.45, 2.75) is 25.4 Å². The van der Waals surface area contributed by atoms with Crippen LogP contribution in [0.4, 0.5) is 0 Å². The van der Waals surface area contributed by atoms with E-state index >= 15 is 0 Å². The van der Waals surface area contributed by atoms with Crippen molar-refractivity contribution in [2.24, 2.45) is 0 Å². The average molecular weight is 353 g/mol. The maximum absolute atomic E-state index is 12.6. The Labute approximate surface area is 151 Å². The van der Waals surface area contributed by atoms with E-state index in [1.54, 1.807) is 7.11 Å². The number of nitrogens with one attached hydrogen (secondary N) is 2. The van der Waals surface area contributed by atoms with Gasteiger partial charge < -0.3 is 14.9 Å². The van der Waals surface area contributed by atoms with Crippen LogP contribution in [0, 0.1) is 0 Å². The molecule has 4 rings (SSSR count). The van der Waals surface area contributed by atoms with Crippen LogP contribution in [0.2, 0.25) is 0 Å². The third-order valence-electron chi connectivity index (χ3n) is 4.95. The smallest absolute Gasteiger partial charge is 0.359 e. The predicted molar refractivity (Wildman–Crippen MR) is 101 cm³/mol. The minimum Gasteiger partial charge on any atom is -0.494 e. The lowest BCUT2D eigenvalue weighted by atomic mass is 9.90. The molecular weight excluding hydrogens is 330 g/mol. The minimum absolute atomic E-state index is 0.287. The van der Waals surface area contributed by atoms with Crippen LogP contribution < -0.4 is 20.6 Å². The third-order valence-corrected chi connectivity index (χ3v) is 4.95. The molecule has 1 saturated heterocycles. The van der Waals surface area contributed by atoms with Crippen LogP contribution >= 0.6 is 0 Å². The highest BCUT2D eigenvalue weighted by molar-refractivity contribution is 5.85. The number of ether oxygens (including phenoxy) is 1. The Balaban J connectivity index is 1.78. The first-order valence-corrected chi connectivity index (χ1v) is 8.97. The number of benzene rings is 2. The van der Waals surface area contributed by atoms with Gasteiger partial charge in [0.2, 0.25) is 0 Å². The Morgan fingerprint density at radius 1 is 1.19 bits per heavy atom. The van der Waals surface area contributed by atoms with Crippen LogP contribution in [0.15, 0.2) is 47.3 Å². The highest BCUT2D eigenvalue weighted by Crippen LogP contribution is 2.33. The Morgan fingerprint density at radius 3 is 2.77 bits per heavy atom. The van der Waals surface area contributed by atoms with Crippen molar-refractivity contribution in [3.8, 4) is 5.75 Å². The largest absolute Gasteiger partial charge is 0.494 e. The maximum Gasteiger partial charge on any atom is 0.359 e. The fourth-order valence-electron chi connectivity index (χ4n) is 3.64. The molecule has 1 fully saturated rings. The predicted octanol–water partition coefficient (Wildman–Crippen LogP) is 2.43. The molecule has 136 valence electrons. The first-order chi connectivity index (χ1) is 12.8. The molecule has 1 aliphatic rings. The Morgan fingerprint density at radius 2 is 2.04 bits per heavy atom. The lowest BCUT2D eigenvalue weighted by molar-refractivity contribution is 0.0985. The van der Waals surface area contributed by atoms with Crippen molar-refractivity contribution >= 4 is 11.0 Å². The zero-order valence-electron chi connectivity index (χ0n) is 14.8. The molecular formula is C20H23N3O3. The molecule has 0 radical (unpaired) electrons. The number of imidazole rings is 1. The van der Waals surface area contributed by atoms with Gasteiger partial charge in [0.25, 0.3) is 0 Å². The quantitative estimate of drug-likeness (QED) is 0.739. The van der Waals surface area contributed by atoms with Crippen LogP contribution in [0.5, 0.6) is 5.75 Å². The van der Waals surface area contributed by atoms with E-state index in [-0.39, 0.29) is 5.69 Å². The maximum atomic E-state index is 12.6. The number of H-pyrrole nitrogens is 1. The number of nitrogens with zero attached hydrogens (tertiary/aromatic N) is 1. The van der Waals surface area contributed by atoms with Gasteiger partial charge in [-0.2, -0.15) is 0 Å². The lowest BCUT2D eigenvalue weighted by Gasteiger charge is -2.24. The molecule has 0 saturated carbocycles. The van der Waals surface area contributed by atoms with E-state index in [1.165, 1.54) is 4.73 Å². The first-order valence-electron chi connectivity index (χ1n) is 8.97. The van der Waals surface area contributed by atoms with Crippen molar-refractivity contribution in [1.82, 2.24) is 15.0 Å². The number of methoxy groups -OCH3 is 1.